The standard InChI is InChI=1S/C11H18N2O4S/c1-9(14)12-3-5-13(6-4-12)11(15)10-2-7-18(16,17)8-10/h10H,2-8H2,1H3/t10-/m0/s1. The molecule has 0 spiro atoms. The third kappa shape index (κ3) is 2.82. The van der Waals surface area contributed by atoms with Gasteiger partial charge < -0.3 is 9.80 Å². The summed E-state index contributed by atoms with van der Waals surface area (Å²) in [5, 5.41) is 0. The summed E-state index contributed by atoms with van der Waals surface area (Å²) in [6, 6.07) is 0. The number of sulfone groups is 1. The van der Waals surface area contributed by atoms with Crippen LogP contribution in [-0.4, -0.2) is 67.7 Å². The minimum atomic E-state index is -3.02. The molecule has 102 valence electrons. The number of piperazine rings is 1. The fourth-order valence-corrected chi connectivity index (χ4v) is 4.22. The van der Waals surface area contributed by atoms with Gasteiger partial charge in [-0.3, -0.25) is 9.59 Å². The number of carbonyl (C=O) groups excluding carboxylic acids is 2. The van der Waals surface area contributed by atoms with E-state index in [1.165, 1.54) is 6.92 Å². The average Bonchev–Trinajstić information content (AvgIpc) is 2.69. The molecule has 2 saturated heterocycles. The van der Waals surface area contributed by atoms with Crippen molar-refractivity contribution < 1.29 is 18.0 Å². The molecule has 0 aliphatic carbocycles. The first-order chi connectivity index (χ1) is 8.39. The van der Waals surface area contributed by atoms with Crippen molar-refractivity contribution in [2.45, 2.75) is 13.3 Å². The molecule has 0 saturated carbocycles. The average molecular weight is 274 g/mol. The highest BCUT2D eigenvalue weighted by molar-refractivity contribution is 7.91. The summed E-state index contributed by atoms with van der Waals surface area (Å²) in [5.74, 6) is -0.320. The Hall–Kier alpha value is -1.11. The van der Waals surface area contributed by atoms with Crippen molar-refractivity contribution in [2.24, 2.45) is 5.92 Å². The van der Waals surface area contributed by atoms with Gasteiger partial charge in [-0.05, 0) is 6.42 Å². The van der Waals surface area contributed by atoms with Crippen molar-refractivity contribution in [3.8, 4) is 0 Å². The molecule has 2 aliphatic rings. The lowest BCUT2D eigenvalue weighted by Gasteiger charge is -2.35. The molecular formula is C11H18N2O4S. The van der Waals surface area contributed by atoms with Crippen LogP contribution in [0.25, 0.3) is 0 Å². The molecule has 0 aromatic rings. The van der Waals surface area contributed by atoms with Crippen LogP contribution in [-0.2, 0) is 19.4 Å². The molecule has 0 N–H and O–H groups in total. The van der Waals surface area contributed by atoms with Crippen LogP contribution in [0.5, 0.6) is 0 Å². The molecule has 0 aromatic heterocycles. The predicted molar refractivity (Wildman–Crippen MR) is 65.6 cm³/mol. The Morgan fingerprint density at radius 3 is 2.06 bits per heavy atom. The van der Waals surface area contributed by atoms with Crippen LogP contribution >= 0.6 is 0 Å². The second-order valence-electron chi connectivity index (χ2n) is 4.93. The van der Waals surface area contributed by atoms with Crippen molar-refractivity contribution in [3.05, 3.63) is 0 Å². The lowest BCUT2D eigenvalue weighted by Crippen LogP contribution is -2.51. The Morgan fingerprint density at radius 1 is 1.06 bits per heavy atom. The smallest absolute Gasteiger partial charge is 0.226 e. The van der Waals surface area contributed by atoms with Gasteiger partial charge in [-0.2, -0.15) is 0 Å². The van der Waals surface area contributed by atoms with Crippen LogP contribution in [0.4, 0.5) is 0 Å². The van der Waals surface area contributed by atoms with Crippen molar-refractivity contribution in [1.29, 1.82) is 0 Å². The maximum atomic E-state index is 12.1. The van der Waals surface area contributed by atoms with E-state index in [4.69, 9.17) is 0 Å². The van der Waals surface area contributed by atoms with Gasteiger partial charge >= 0.3 is 0 Å². The summed E-state index contributed by atoms with van der Waals surface area (Å²) in [4.78, 5) is 26.7. The lowest BCUT2D eigenvalue weighted by atomic mass is 10.1. The predicted octanol–water partition coefficient (Wildman–Crippen LogP) is -0.888. The lowest BCUT2D eigenvalue weighted by molar-refractivity contribution is -0.140. The van der Waals surface area contributed by atoms with Gasteiger partial charge in [0.2, 0.25) is 11.8 Å². The Kier molecular flexibility index (Phi) is 3.61. The van der Waals surface area contributed by atoms with Gasteiger partial charge in [0.1, 0.15) is 0 Å². The van der Waals surface area contributed by atoms with Crippen LogP contribution in [0, 0.1) is 5.92 Å². The first-order valence-electron chi connectivity index (χ1n) is 6.14. The highest BCUT2D eigenvalue weighted by Crippen LogP contribution is 2.21. The topological polar surface area (TPSA) is 74.8 Å². The Labute approximate surface area is 107 Å². The molecule has 18 heavy (non-hydrogen) atoms. The van der Waals surface area contributed by atoms with Crippen molar-refractivity contribution in [2.75, 3.05) is 37.7 Å². The molecule has 2 amide bonds. The van der Waals surface area contributed by atoms with E-state index in [1.807, 2.05) is 0 Å². The van der Waals surface area contributed by atoms with E-state index >= 15 is 0 Å². The normalized spacial score (nSPS) is 27.3. The summed E-state index contributed by atoms with van der Waals surface area (Å²) in [7, 11) is -3.02. The highest BCUT2D eigenvalue weighted by Gasteiger charge is 2.36. The van der Waals surface area contributed by atoms with Gasteiger partial charge in [0, 0.05) is 33.1 Å². The molecular weight excluding hydrogens is 256 g/mol. The zero-order chi connectivity index (χ0) is 13.3. The van der Waals surface area contributed by atoms with Gasteiger partial charge in [0.25, 0.3) is 0 Å². The zero-order valence-corrected chi connectivity index (χ0v) is 11.3. The largest absolute Gasteiger partial charge is 0.339 e. The quantitative estimate of drug-likeness (QED) is 0.622. The maximum Gasteiger partial charge on any atom is 0.226 e. The zero-order valence-electron chi connectivity index (χ0n) is 10.5. The van der Waals surface area contributed by atoms with E-state index in [9.17, 15) is 18.0 Å². The molecule has 6 nitrogen and oxygen atoms in total. The molecule has 2 rings (SSSR count). The molecule has 0 radical (unpaired) electrons. The van der Waals surface area contributed by atoms with Crippen LogP contribution in [0.3, 0.4) is 0 Å². The Bertz CT molecular complexity index is 452. The number of hydrogen-bond donors (Lipinski definition) is 0. The van der Waals surface area contributed by atoms with Gasteiger partial charge in [-0.15, -0.1) is 0 Å². The summed E-state index contributed by atoms with van der Waals surface area (Å²) in [6.07, 6.45) is 0.439. The van der Waals surface area contributed by atoms with Gasteiger partial charge in [-0.25, -0.2) is 8.42 Å². The Morgan fingerprint density at radius 2 is 1.61 bits per heavy atom. The summed E-state index contributed by atoms with van der Waals surface area (Å²) >= 11 is 0. The Balaban J connectivity index is 1.90. The van der Waals surface area contributed by atoms with Crippen molar-refractivity contribution in [1.82, 2.24) is 9.80 Å². The molecule has 7 heteroatoms. The number of hydrogen-bond acceptors (Lipinski definition) is 4. The van der Waals surface area contributed by atoms with E-state index < -0.39 is 9.84 Å². The van der Waals surface area contributed by atoms with Crippen LogP contribution in [0.2, 0.25) is 0 Å². The molecule has 2 aliphatic heterocycles. The van der Waals surface area contributed by atoms with E-state index in [1.54, 1.807) is 9.80 Å². The fourth-order valence-electron chi connectivity index (χ4n) is 2.49. The minimum Gasteiger partial charge on any atom is -0.339 e. The monoisotopic (exact) mass is 274 g/mol. The first-order valence-corrected chi connectivity index (χ1v) is 7.96. The SMILES string of the molecule is CC(=O)N1CCN(C(=O)[C@H]2CCS(=O)(=O)C2)CC1. The van der Waals surface area contributed by atoms with Gasteiger partial charge in [0.05, 0.1) is 17.4 Å². The van der Waals surface area contributed by atoms with Crippen molar-refractivity contribution in [3.63, 3.8) is 0 Å². The first kappa shape index (κ1) is 13.3. The van der Waals surface area contributed by atoms with Crippen LogP contribution in [0.1, 0.15) is 13.3 Å². The van der Waals surface area contributed by atoms with Crippen LogP contribution < -0.4 is 0 Å². The molecule has 0 aromatic carbocycles. The highest BCUT2D eigenvalue weighted by atomic mass is 32.2. The maximum absolute atomic E-state index is 12.1. The third-order valence-electron chi connectivity index (χ3n) is 3.62. The fraction of sp³-hybridized carbons (Fsp3) is 0.818. The molecule has 2 fully saturated rings. The van der Waals surface area contributed by atoms with Gasteiger partial charge in [-0.1, -0.05) is 0 Å². The van der Waals surface area contributed by atoms with Gasteiger partial charge in [0.15, 0.2) is 9.84 Å². The molecule has 0 unspecified atom stereocenters. The third-order valence-corrected chi connectivity index (χ3v) is 5.39. The number of rotatable bonds is 1. The second-order valence-corrected chi connectivity index (χ2v) is 7.16. The second kappa shape index (κ2) is 4.87. The van der Waals surface area contributed by atoms with E-state index in [-0.39, 0.29) is 29.2 Å². The summed E-state index contributed by atoms with van der Waals surface area (Å²) in [5.41, 5.74) is 0. The van der Waals surface area contributed by atoms with Crippen LogP contribution in [0.15, 0.2) is 0 Å². The number of amides is 2. The molecule has 1 atom stereocenters. The molecule has 0 bridgehead atoms. The number of carbonyl (C=O) groups is 2. The van der Waals surface area contributed by atoms with Crippen molar-refractivity contribution >= 4 is 21.7 Å². The van der Waals surface area contributed by atoms with E-state index in [2.05, 4.69) is 0 Å². The number of nitrogens with zero attached hydrogens (tertiary/aromatic N) is 2. The minimum absolute atomic E-state index is 0.0151. The van der Waals surface area contributed by atoms with E-state index in [0.717, 1.165) is 0 Å². The van der Waals surface area contributed by atoms with E-state index in [0.29, 0.717) is 32.6 Å². The summed E-state index contributed by atoms with van der Waals surface area (Å²) in [6.45, 7) is 3.62. The molecule has 2 heterocycles. The summed E-state index contributed by atoms with van der Waals surface area (Å²) < 4.78 is 22.7.